The van der Waals surface area contributed by atoms with Crippen molar-refractivity contribution in [3.8, 4) is 0 Å². The van der Waals surface area contributed by atoms with E-state index in [4.69, 9.17) is 4.74 Å². The number of rotatable bonds is 5. The fraction of sp³-hybridized carbons (Fsp3) is 0.962. The Morgan fingerprint density at radius 1 is 1.06 bits per heavy atom. The summed E-state index contributed by atoms with van der Waals surface area (Å²) in [4.78, 5) is 11.5. The highest BCUT2D eigenvalue weighted by atomic mass is 16.5. The summed E-state index contributed by atoms with van der Waals surface area (Å²) in [5.41, 5.74) is -0.0418. The van der Waals surface area contributed by atoms with E-state index in [1.54, 1.807) is 0 Å². The van der Waals surface area contributed by atoms with Gasteiger partial charge in [0, 0.05) is 6.42 Å². The van der Waals surface area contributed by atoms with Crippen molar-refractivity contribution in [2.75, 3.05) is 7.11 Å². The summed E-state index contributed by atoms with van der Waals surface area (Å²) < 4.78 is 4.79. The highest BCUT2D eigenvalue weighted by Gasteiger charge is 2.65. The molecular weight excluding hydrogens is 392 g/mol. The van der Waals surface area contributed by atoms with Crippen molar-refractivity contribution < 1.29 is 24.9 Å². The van der Waals surface area contributed by atoms with Crippen LogP contribution >= 0.6 is 0 Å². The standard InChI is InChI=1S/C26H44O5/c1-15(6-5-7-23(30)31-4)18-8-9-19-24-20(14-22(29)26(18,19)3)25(2)11-10-17(27)12-16(25)13-21(24)28/h15-22,24,27-29H,5-14H2,1-4H3/t15?,16?,17-,18?,19?,20?,21-,22+,24?,25?,26?/m1/s1. The highest BCUT2D eigenvalue weighted by Crippen LogP contribution is 2.68. The number of carbonyl (C=O) groups excluding carboxylic acids is 1. The Balaban J connectivity index is 1.53. The van der Waals surface area contributed by atoms with Crippen LogP contribution in [0.1, 0.15) is 85.0 Å². The zero-order valence-electron chi connectivity index (χ0n) is 19.9. The van der Waals surface area contributed by atoms with Crippen molar-refractivity contribution in [2.24, 2.45) is 46.3 Å². The molecular formula is C26H44O5. The number of esters is 1. The van der Waals surface area contributed by atoms with E-state index < -0.39 is 0 Å². The first-order valence-electron chi connectivity index (χ1n) is 12.7. The summed E-state index contributed by atoms with van der Waals surface area (Å²) in [6, 6.07) is 0. The molecule has 3 N–H and O–H groups in total. The van der Waals surface area contributed by atoms with E-state index in [0.29, 0.717) is 36.0 Å². The van der Waals surface area contributed by atoms with Gasteiger partial charge in [0.05, 0.1) is 25.4 Å². The molecule has 4 saturated carbocycles. The van der Waals surface area contributed by atoms with Gasteiger partial charge in [-0.2, -0.15) is 0 Å². The number of methoxy groups -OCH3 is 1. The summed E-state index contributed by atoms with van der Waals surface area (Å²) in [5, 5.41) is 33.2. The molecule has 4 rings (SSSR count). The second kappa shape index (κ2) is 8.61. The van der Waals surface area contributed by atoms with Crippen LogP contribution in [0.4, 0.5) is 0 Å². The van der Waals surface area contributed by atoms with E-state index in [-0.39, 0.29) is 41.0 Å². The monoisotopic (exact) mass is 436 g/mol. The topological polar surface area (TPSA) is 87.0 Å². The van der Waals surface area contributed by atoms with Crippen LogP contribution in [0.25, 0.3) is 0 Å². The highest BCUT2D eigenvalue weighted by molar-refractivity contribution is 5.68. The Bertz CT molecular complexity index is 666. The van der Waals surface area contributed by atoms with E-state index in [2.05, 4.69) is 20.8 Å². The molecule has 0 aromatic rings. The van der Waals surface area contributed by atoms with E-state index >= 15 is 0 Å². The first kappa shape index (κ1) is 23.5. The van der Waals surface area contributed by atoms with Crippen LogP contribution in [0.5, 0.6) is 0 Å². The van der Waals surface area contributed by atoms with Gasteiger partial charge in [-0.3, -0.25) is 4.79 Å². The molecule has 0 amide bonds. The number of ether oxygens (including phenoxy) is 1. The minimum absolute atomic E-state index is 0.121. The minimum atomic E-state index is -0.344. The summed E-state index contributed by atoms with van der Waals surface area (Å²) in [7, 11) is 1.44. The number of aliphatic hydroxyl groups is 3. The molecule has 0 aromatic heterocycles. The third kappa shape index (κ3) is 3.77. The molecule has 0 spiro atoms. The van der Waals surface area contributed by atoms with Crippen molar-refractivity contribution >= 4 is 5.97 Å². The molecule has 31 heavy (non-hydrogen) atoms. The van der Waals surface area contributed by atoms with Gasteiger partial charge < -0.3 is 20.1 Å². The van der Waals surface area contributed by atoms with Crippen LogP contribution in [0, 0.1) is 46.3 Å². The van der Waals surface area contributed by atoms with Gasteiger partial charge in [0.2, 0.25) is 0 Å². The molecule has 8 unspecified atom stereocenters. The number of aliphatic hydroxyl groups excluding tert-OH is 3. The molecule has 11 atom stereocenters. The third-order valence-electron chi connectivity index (χ3n) is 10.8. The van der Waals surface area contributed by atoms with Crippen molar-refractivity contribution in [1.29, 1.82) is 0 Å². The molecule has 4 aliphatic rings. The molecule has 4 fully saturated rings. The quantitative estimate of drug-likeness (QED) is 0.569. The zero-order valence-corrected chi connectivity index (χ0v) is 19.9. The Morgan fingerprint density at radius 3 is 2.52 bits per heavy atom. The molecule has 0 aromatic carbocycles. The second-order valence-corrected chi connectivity index (χ2v) is 12.0. The Kier molecular flexibility index (Phi) is 6.53. The summed E-state index contributed by atoms with van der Waals surface area (Å²) in [5.74, 6) is 2.05. The molecule has 0 heterocycles. The van der Waals surface area contributed by atoms with Crippen LogP contribution in [-0.2, 0) is 9.53 Å². The average molecular weight is 437 g/mol. The number of fused-ring (bicyclic) bond motifs is 5. The third-order valence-corrected chi connectivity index (χ3v) is 10.8. The van der Waals surface area contributed by atoms with Crippen molar-refractivity contribution in [3.63, 3.8) is 0 Å². The summed E-state index contributed by atoms with van der Waals surface area (Å²) in [6.07, 6.45) is 7.81. The number of hydrogen-bond acceptors (Lipinski definition) is 5. The molecule has 0 saturated heterocycles. The lowest BCUT2D eigenvalue weighted by atomic mass is 9.43. The van der Waals surface area contributed by atoms with Crippen molar-refractivity contribution in [3.05, 3.63) is 0 Å². The molecule has 0 radical (unpaired) electrons. The smallest absolute Gasteiger partial charge is 0.305 e. The fourth-order valence-corrected chi connectivity index (χ4v) is 9.00. The second-order valence-electron chi connectivity index (χ2n) is 12.0. The normalized spacial score (nSPS) is 50.2. The Morgan fingerprint density at radius 2 is 1.81 bits per heavy atom. The van der Waals surface area contributed by atoms with E-state index in [1.165, 1.54) is 7.11 Å². The largest absolute Gasteiger partial charge is 0.469 e. The van der Waals surface area contributed by atoms with Gasteiger partial charge in [0.15, 0.2) is 0 Å². The van der Waals surface area contributed by atoms with Gasteiger partial charge in [0.25, 0.3) is 0 Å². The van der Waals surface area contributed by atoms with Crippen molar-refractivity contribution in [2.45, 2.75) is 103 Å². The Hall–Kier alpha value is -0.650. The SMILES string of the molecule is COC(=O)CCCC(C)C1CCC2C3C(C[C@H](O)C12C)C1(C)CC[C@@H](O)CC1C[C@H]3O. The van der Waals surface area contributed by atoms with E-state index in [0.717, 1.165) is 57.8 Å². The molecule has 178 valence electrons. The van der Waals surface area contributed by atoms with Crippen LogP contribution in [0.15, 0.2) is 0 Å². The first-order valence-corrected chi connectivity index (χ1v) is 12.7. The van der Waals surface area contributed by atoms with Crippen LogP contribution in [-0.4, -0.2) is 46.7 Å². The average Bonchev–Trinajstić information content (AvgIpc) is 3.08. The number of hydrogen-bond donors (Lipinski definition) is 3. The van der Waals surface area contributed by atoms with E-state index in [9.17, 15) is 20.1 Å². The predicted molar refractivity (Wildman–Crippen MR) is 119 cm³/mol. The summed E-state index contributed by atoms with van der Waals surface area (Å²) in [6.45, 7) is 6.95. The lowest BCUT2D eigenvalue weighted by Crippen LogP contribution is -2.62. The summed E-state index contributed by atoms with van der Waals surface area (Å²) >= 11 is 0. The fourth-order valence-electron chi connectivity index (χ4n) is 9.00. The van der Waals surface area contributed by atoms with Gasteiger partial charge >= 0.3 is 5.97 Å². The maximum atomic E-state index is 11.6. The predicted octanol–water partition coefficient (Wildman–Crippen LogP) is 3.93. The van der Waals surface area contributed by atoms with Crippen LogP contribution in [0.2, 0.25) is 0 Å². The van der Waals surface area contributed by atoms with Crippen LogP contribution < -0.4 is 0 Å². The maximum absolute atomic E-state index is 11.6. The van der Waals surface area contributed by atoms with Crippen LogP contribution in [0.3, 0.4) is 0 Å². The van der Waals surface area contributed by atoms with E-state index in [1.807, 2.05) is 0 Å². The number of carbonyl (C=O) groups is 1. The minimum Gasteiger partial charge on any atom is -0.469 e. The van der Waals surface area contributed by atoms with Gasteiger partial charge in [-0.1, -0.05) is 20.8 Å². The molecule has 5 nitrogen and oxygen atoms in total. The first-order chi connectivity index (χ1) is 14.6. The van der Waals surface area contributed by atoms with Gasteiger partial charge in [-0.05, 0) is 104 Å². The van der Waals surface area contributed by atoms with Crippen molar-refractivity contribution in [1.82, 2.24) is 0 Å². The van der Waals surface area contributed by atoms with Gasteiger partial charge in [-0.25, -0.2) is 0 Å². The molecule has 4 aliphatic carbocycles. The molecule has 5 heteroatoms. The van der Waals surface area contributed by atoms with Gasteiger partial charge in [0.1, 0.15) is 0 Å². The molecule has 0 aliphatic heterocycles. The zero-order chi connectivity index (χ0) is 22.6. The van der Waals surface area contributed by atoms with Gasteiger partial charge in [-0.15, -0.1) is 0 Å². The lowest BCUT2D eigenvalue weighted by Gasteiger charge is -2.63. The maximum Gasteiger partial charge on any atom is 0.305 e. The Labute approximate surface area is 187 Å². The molecule has 0 bridgehead atoms. The lowest BCUT2D eigenvalue weighted by molar-refractivity contribution is -0.207.